The van der Waals surface area contributed by atoms with Crippen molar-refractivity contribution in [1.82, 2.24) is 0 Å². The summed E-state index contributed by atoms with van der Waals surface area (Å²) < 4.78 is 33.4. The summed E-state index contributed by atoms with van der Waals surface area (Å²) >= 11 is 0. The first-order valence-electron chi connectivity index (χ1n) is 25.1. The smallest absolute Gasteiger partial charge is 0.306 e. The maximum Gasteiger partial charge on any atom is 0.306 e. The van der Waals surface area contributed by atoms with E-state index in [-0.39, 0.29) is 26.1 Å². The molecule has 2 fully saturated rings. The SMILES string of the molecule is CCCCCCCCCCCCCCCCCCCCCCC(=O)O[C@H](COC(=O)CCCCCCCCC)CO[C@H]1O[C@@H](CO[C@H]2O[C@@H](CO)[C@@H](O)C(O)C2O)[C@@H](O)C(O)C1O. The van der Waals surface area contributed by atoms with Crippen LogP contribution in [0.2, 0.25) is 0 Å². The van der Waals surface area contributed by atoms with Gasteiger partial charge in [0.2, 0.25) is 0 Å². The van der Waals surface area contributed by atoms with Crippen molar-refractivity contribution in [2.24, 2.45) is 0 Å². The number of aliphatic hydroxyl groups is 7. The van der Waals surface area contributed by atoms with Crippen molar-refractivity contribution in [3.05, 3.63) is 0 Å². The summed E-state index contributed by atoms with van der Waals surface area (Å²) in [5, 5.41) is 71.9. The van der Waals surface area contributed by atoms with Crippen molar-refractivity contribution in [2.75, 3.05) is 26.4 Å². The summed E-state index contributed by atoms with van der Waals surface area (Å²) in [6.45, 7) is 2.56. The molecule has 0 bridgehead atoms. The molecule has 15 nitrogen and oxygen atoms in total. The maximum atomic E-state index is 13.0. The van der Waals surface area contributed by atoms with E-state index >= 15 is 0 Å². The lowest BCUT2D eigenvalue weighted by Gasteiger charge is -2.42. The standard InChI is InChI=1S/C48H90O15/c1-3-5-7-9-11-12-13-14-15-16-17-18-19-20-21-22-23-25-27-29-31-40(51)61-36(33-58-39(50)30-28-26-24-10-8-6-4-2)34-59-47-46(57)44(55)42(53)38(63-47)35-60-48-45(56)43(54)41(52)37(32-49)62-48/h36-38,41-49,52-57H,3-35H2,1-2H3/t36-,37+,38+,41-,42-,43?,44?,45?,46?,47+,48+/m1/s1. The van der Waals surface area contributed by atoms with E-state index in [1.54, 1.807) is 0 Å². The Morgan fingerprint density at radius 3 is 1.24 bits per heavy atom. The second kappa shape index (κ2) is 36.6. The minimum atomic E-state index is -1.76. The van der Waals surface area contributed by atoms with Gasteiger partial charge in [-0.1, -0.05) is 174 Å². The lowest BCUT2D eigenvalue weighted by Crippen LogP contribution is -2.61. The van der Waals surface area contributed by atoms with Crippen LogP contribution in [-0.4, -0.2) is 142 Å². The van der Waals surface area contributed by atoms with Gasteiger partial charge in [-0.15, -0.1) is 0 Å². The fraction of sp³-hybridized carbons (Fsp3) is 0.958. The molecule has 11 atom stereocenters. The summed E-state index contributed by atoms with van der Waals surface area (Å²) in [5.74, 6) is -0.919. The number of hydrogen-bond acceptors (Lipinski definition) is 15. The molecule has 0 aromatic heterocycles. The van der Waals surface area contributed by atoms with Gasteiger partial charge in [0.15, 0.2) is 18.7 Å². The van der Waals surface area contributed by atoms with Gasteiger partial charge in [0.1, 0.15) is 55.4 Å². The van der Waals surface area contributed by atoms with Gasteiger partial charge in [-0.3, -0.25) is 9.59 Å². The Balaban J connectivity index is 1.75. The first-order valence-corrected chi connectivity index (χ1v) is 25.1. The summed E-state index contributed by atoms with van der Waals surface area (Å²) in [6.07, 6.45) is 16.0. The summed E-state index contributed by atoms with van der Waals surface area (Å²) in [6, 6.07) is 0. The van der Waals surface area contributed by atoms with E-state index in [1.165, 1.54) is 116 Å². The van der Waals surface area contributed by atoms with Crippen LogP contribution >= 0.6 is 0 Å². The van der Waals surface area contributed by atoms with Gasteiger partial charge >= 0.3 is 11.9 Å². The Morgan fingerprint density at radius 2 is 0.810 bits per heavy atom. The van der Waals surface area contributed by atoms with Gasteiger partial charge in [0, 0.05) is 12.8 Å². The molecule has 4 unspecified atom stereocenters. The molecule has 2 saturated heterocycles. The third kappa shape index (κ3) is 25.3. The second-order valence-corrected chi connectivity index (χ2v) is 18.0. The molecule has 372 valence electrons. The highest BCUT2D eigenvalue weighted by molar-refractivity contribution is 5.70. The molecule has 0 aromatic rings. The van der Waals surface area contributed by atoms with E-state index in [4.69, 9.17) is 28.4 Å². The van der Waals surface area contributed by atoms with E-state index in [9.17, 15) is 45.3 Å². The molecule has 7 N–H and O–H groups in total. The Labute approximate surface area is 378 Å². The summed E-state index contributed by atoms with van der Waals surface area (Å²) in [4.78, 5) is 25.6. The Morgan fingerprint density at radius 1 is 0.444 bits per heavy atom. The van der Waals surface area contributed by atoms with Crippen molar-refractivity contribution in [2.45, 2.75) is 268 Å². The van der Waals surface area contributed by atoms with Crippen molar-refractivity contribution < 1.29 is 73.8 Å². The number of rotatable bonds is 39. The van der Waals surface area contributed by atoms with Gasteiger partial charge in [-0.25, -0.2) is 0 Å². The molecule has 0 aliphatic carbocycles. The van der Waals surface area contributed by atoms with Crippen molar-refractivity contribution in [3.63, 3.8) is 0 Å². The number of aliphatic hydroxyl groups excluding tert-OH is 7. The molecule has 0 saturated carbocycles. The van der Waals surface area contributed by atoms with E-state index in [2.05, 4.69) is 13.8 Å². The zero-order chi connectivity index (χ0) is 46.1. The van der Waals surface area contributed by atoms with Gasteiger partial charge in [0.25, 0.3) is 0 Å². The van der Waals surface area contributed by atoms with Crippen LogP contribution in [-0.2, 0) is 38.0 Å². The van der Waals surface area contributed by atoms with Crippen molar-refractivity contribution in [1.29, 1.82) is 0 Å². The van der Waals surface area contributed by atoms with Crippen LogP contribution in [0.25, 0.3) is 0 Å². The molecular formula is C48H90O15. The van der Waals surface area contributed by atoms with Crippen LogP contribution in [0.5, 0.6) is 0 Å². The monoisotopic (exact) mass is 907 g/mol. The average molecular weight is 907 g/mol. The van der Waals surface area contributed by atoms with Gasteiger partial charge in [-0.05, 0) is 12.8 Å². The highest BCUT2D eigenvalue weighted by Gasteiger charge is 2.47. The Bertz CT molecular complexity index is 1110. The zero-order valence-corrected chi connectivity index (χ0v) is 39.1. The fourth-order valence-corrected chi connectivity index (χ4v) is 8.16. The molecule has 2 aliphatic rings. The van der Waals surface area contributed by atoms with Gasteiger partial charge in [0.05, 0.1) is 19.8 Å². The van der Waals surface area contributed by atoms with Crippen LogP contribution in [0.1, 0.15) is 200 Å². The molecule has 0 spiro atoms. The highest BCUT2D eigenvalue weighted by Crippen LogP contribution is 2.26. The number of carbonyl (C=O) groups excluding carboxylic acids is 2. The van der Waals surface area contributed by atoms with E-state index < -0.39 is 92.7 Å². The number of hydrogen-bond donors (Lipinski definition) is 7. The molecule has 0 amide bonds. The number of unbranched alkanes of at least 4 members (excludes halogenated alkanes) is 25. The van der Waals surface area contributed by atoms with Crippen molar-refractivity contribution >= 4 is 11.9 Å². The number of carbonyl (C=O) groups is 2. The lowest BCUT2D eigenvalue weighted by molar-refractivity contribution is -0.332. The molecule has 2 aliphatic heterocycles. The molecule has 2 rings (SSSR count). The Hall–Kier alpha value is -1.50. The summed E-state index contributed by atoms with van der Waals surface area (Å²) in [5.41, 5.74) is 0. The van der Waals surface area contributed by atoms with Gasteiger partial charge < -0.3 is 64.2 Å². The van der Waals surface area contributed by atoms with E-state index in [1.807, 2.05) is 0 Å². The molecular weight excluding hydrogens is 817 g/mol. The van der Waals surface area contributed by atoms with Crippen LogP contribution in [0.3, 0.4) is 0 Å². The van der Waals surface area contributed by atoms with Crippen LogP contribution in [0.15, 0.2) is 0 Å². The van der Waals surface area contributed by atoms with Gasteiger partial charge in [-0.2, -0.15) is 0 Å². The minimum absolute atomic E-state index is 0.173. The van der Waals surface area contributed by atoms with Crippen LogP contribution in [0, 0.1) is 0 Å². The largest absolute Gasteiger partial charge is 0.462 e. The lowest BCUT2D eigenvalue weighted by atomic mass is 9.98. The van der Waals surface area contributed by atoms with E-state index in [0.29, 0.717) is 12.8 Å². The normalized spacial score (nSPS) is 26.7. The number of ether oxygens (including phenoxy) is 6. The molecule has 15 heteroatoms. The third-order valence-corrected chi connectivity index (χ3v) is 12.3. The first-order chi connectivity index (χ1) is 30.5. The molecule has 2 heterocycles. The summed E-state index contributed by atoms with van der Waals surface area (Å²) in [7, 11) is 0. The van der Waals surface area contributed by atoms with Crippen LogP contribution < -0.4 is 0 Å². The zero-order valence-electron chi connectivity index (χ0n) is 39.1. The molecule has 63 heavy (non-hydrogen) atoms. The Kier molecular flexibility index (Phi) is 33.5. The molecule has 0 radical (unpaired) electrons. The minimum Gasteiger partial charge on any atom is -0.462 e. The second-order valence-electron chi connectivity index (χ2n) is 18.0. The predicted molar refractivity (Wildman–Crippen MR) is 238 cm³/mol. The predicted octanol–water partition coefficient (Wildman–Crippen LogP) is 6.43. The topological polar surface area (TPSA) is 231 Å². The van der Waals surface area contributed by atoms with Crippen molar-refractivity contribution in [3.8, 4) is 0 Å². The van der Waals surface area contributed by atoms with E-state index in [0.717, 1.165) is 44.9 Å². The number of esters is 2. The maximum absolute atomic E-state index is 13.0. The third-order valence-electron chi connectivity index (χ3n) is 12.3. The van der Waals surface area contributed by atoms with Crippen LogP contribution in [0.4, 0.5) is 0 Å². The highest BCUT2D eigenvalue weighted by atomic mass is 16.7. The quantitative estimate of drug-likeness (QED) is 0.0260. The fourth-order valence-electron chi connectivity index (χ4n) is 8.16. The first kappa shape index (κ1) is 57.6. The average Bonchev–Trinajstić information content (AvgIpc) is 3.28. The molecule has 0 aromatic carbocycles.